The van der Waals surface area contributed by atoms with Crippen LogP contribution < -0.4 is 0 Å². The van der Waals surface area contributed by atoms with E-state index in [1.165, 1.54) is 0 Å². The molecular weight excluding hydrogens is 436 g/mol. The highest BCUT2D eigenvalue weighted by Gasteiger charge is 2.68. The van der Waals surface area contributed by atoms with Gasteiger partial charge in [-0.1, -0.05) is 40.7 Å². The maximum Gasteiger partial charge on any atom is 0.186 e. The average molecular weight is 487 g/mol. The van der Waals surface area contributed by atoms with Crippen molar-refractivity contribution < 1.29 is 14.6 Å². The normalized spacial score (nSPS) is 46.6. The van der Waals surface area contributed by atoms with E-state index in [0.717, 1.165) is 38.0 Å². The van der Waals surface area contributed by atoms with Crippen LogP contribution in [0.1, 0.15) is 80.1 Å². The fraction of sp³-hybridized carbons (Fsp3) is 0.867. The minimum absolute atomic E-state index is 0.0155. The van der Waals surface area contributed by atoms with Gasteiger partial charge >= 0.3 is 0 Å². The number of rotatable bonds is 6. The molecule has 5 nitrogen and oxygen atoms in total. The maximum absolute atomic E-state index is 13.9. The summed E-state index contributed by atoms with van der Waals surface area (Å²) in [5, 5.41) is 11.3. The number of aliphatic imine (C=N–C) groups is 1. The molecule has 0 bridgehead atoms. The number of carbonyl (C=O) groups excluding carboxylic acids is 1. The lowest BCUT2D eigenvalue weighted by molar-refractivity contribution is -0.156. The molecule has 5 heteroatoms. The summed E-state index contributed by atoms with van der Waals surface area (Å²) >= 11 is 0. The minimum Gasteiger partial charge on any atom is -0.480 e. The molecule has 0 spiro atoms. The molecule has 1 N–H and O–H groups in total. The van der Waals surface area contributed by atoms with Gasteiger partial charge in [0.2, 0.25) is 0 Å². The molecule has 10 atom stereocenters. The molecule has 1 aliphatic heterocycles. The van der Waals surface area contributed by atoms with Crippen molar-refractivity contribution in [1.82, 2.24) is 4.90 Å². The van der Waals surface area contributed by atoms with Crippen LogP contribution in [0.3, 0.4) is 0 Å². The van der Waals surface area contributed by atoms with Crippen LogP contribution in [0.2, 0.25) is 0 Å². The van der Waals surface area contributed by atoms with Gasteiger partial charge in [-0.3, -0.25) is 9.79 Å². The molecule has 0 amide bonds. The number of fused-ring (bicyclic) bond motifs is 3. The van der Waals surface area contributed by atoms with Crippen molar-refractivity contribution in [3.05, 3.63) is 12.7 Å². The molecule has 1 heterocycles. The molecule has 0 aromatic carbocycles. The Morgan fingerprint density at radius 1 is 1.20 bits per heavy atom. The molecule has 0 saturated heterocycles. The summed E-state index contributed by atoms with van der Waals surface area (Å²) in [4.78, 5) is 21.1. The second-order valence-corrected chi connectivity index (χ2v) is 13.7. The number of ether oxygens (including phenoxy) is 1. The summed E-state index contributed by atoms with van der Waals surface area (Å²) in [5.41, 5.74) is -0.268. The first-order chi connectivity index (χ1) is 16.3. The number of ketones is 1. The molecule has 3 fully saturated rings. The van der Waals surface area contributed by atoms with Crippen molar-refractivity contribution >= 4 is 11.7 Å². The quantitative estimate of drug-likeness (QED) is 0.513. The molecule has 3 saturated carbocycles. The van der Waals surface area contributed by atoms with Crippen molar-refractivity contribution in [3.8, 4) is 0 Å². The predicted octanol–water partition coefficient (Wildman–Crippen LogP) is 5.37. The van der Waals surface area contributed by atoms with Crippen LogP contribution in [0.15, 0.2) is 17.6 Å². The Hall–Kier alpha value is -1.20. The predicted molar refractivity (Wildman–Crippen MR) is 142 cm³/mol. The van der Waals surface area contributed by atoms with Gasteiger partial charge < -0.3 is 14.7 Å². The lowest BCUT2D eigenvalue weighted by atomic mass is 9.45. The standard InChI is InChI=1S/C30H50N2O3/c1-10-11-25-28(5,17-35-27(31-25)18(2)3)20-12-13-22-21(14-20)23(33)15-30(7)26(19(4)32(8)9)24(34)16-29(22,30)6/h10,18-22,24-26,34H,1,11-17H2,2-9H3/t19-,20+,21+,22+,24+,25-,26-,28-,29-,30+/m0/s1. The van der Waals surface area contributed by atoms with Gasteiger partial charge in [0, 0.05) is 35.6 Å². The third-order valence-corrected chi connectivity index (χ3v) is 11.4. The van der Waals surface area contributed by atoms with Gasteiger partial charge in [-0.05, 0) is 75.8 Å². The highest BCUT2D eigenvalue weighted by molar-refractivity contribution is 5.84. The van der Waals surface area contributed by atoms with Crippen molar-refractivity contribution in [2.24, 2.45) is 50.8 Å². The van der Waals surface area contributed by atoms with E-state index in [0.29, 0.717) is 30.6 Å². The van der Waals surface area contributed by atoms with Gasteiger partial charge in [0.25, 0.3) is 0 Å². The third-order valence-electron chi connectivity index (χ3n) is 11.4. The van der Waals surface area contributed by atoms with E-state index in [1.54, 1.807) is 0 Å². The Morgan fingerprint density at radius 3 is 2.49 bits per heavy atom. The third kappa shape index (κ3) is 4.04. The SMILES string of the molecule is C=CC[C@@H]1N=C(C(C)C)OC[C@@]1(C)[C@@H]1CC[C@@H]2[C@@H](C1)C(=O)C[C@]1(C)[C@@H]([C@H](C)N(C)C)[C@H](O)C[C@@]21C. The van der Waals surface area contributed by atoms with Gasteiger partial charge in [-0.2, -0.15) is 0 Å². The van der Waals surface area contributed by atoms with Gasteiger partial charge in [0.1, 0.15) is 5.78 Å². The summed E-state index contributed by atoms with van der Waals surface area (Å²) in [6.45, 7) is 18.2. The Morgan fingerprint density at radius 2 is 1.89 bits per heavy atom. The number of hydrogen-bond acceptors (Lipinski definition) is 5. The largest absolute Gasteiger partial charge is 0.480 e. The van der Waals surface area contributed by atoms with Gasteiger partial charge in [0.15, 0.2) is 5.90 Å². The van der Waals surface area contributed by atoms with Crippen LogP contribution >= 0.6 is 0 Å². The van der Waals surface area contributed by atoms with E-state index in [9.17, 15) is 9.90 Å². The van der Waals surface area contributed by atoms with Crippen LogP contribution in [0.4, 0.5) is 0 Å². The van der Waals surface area contributed by atoms with E-state index < -0.39 is 0 Å². The first-order valence-corrected chi connectivity index (χ1v) is 14.0. The molecule has 3 aliphatic carbocycles. The van der Waals surface area contributed by atoms with Crippen molar-refractivity contribution in [2.75, 3.05) is 20.7 Å². The Balaban J connectivity index is 1.61. The summed E-state index contributed by atoms with van der Waals surface area (Å²) in [7, 11) is 4.18. The second-order valence-electron chi connectivity index (χ2n) is 13.7. The Kier molecular flexibility index (Phi) is 7.12. The summed E-state index contributed by atoms with van der Waals surface area (Å²) < 4.78 is 6.22. The van der Waals surface area contributed by atoms with Gasteiger partial charge in [-0.25, -0.2) is 0 Å². The smallest absolute Gasteiger partial charge is 0.186 e. The molecule has 0 aromatic heterocycles. The number of aliphatic hydroxyl groups is 1. The molecule has 0 radical (unpaired) electrons. The zero-order chi connectivity index (χ0) is 25.9. The minimum atomic E-state index is -0.350. The molecule has 198 valence electrons. The van der Waals surface area contributed by atoms with Crippen molar-refractivity contribution in [3.63, 3.8) is 0 Å². The fourth-order valence-electron chi connectivity index (χ4n) is 8.90. The van der Waals surface area contributed by atoms with E-state index in [-0.39, 0.29) is 52.2 Å². The molecular formula is C30H50N2O3. The van der Waals surface area contributed by atoms with E-state index >= 15 is 0 Å². The highest BCUT2D eigenvalue weighted by atomic mass is 16.5. The second kappa shape index (κ2) is 9.28. The summed E-state index contributed by atoms with van der Waals surface area (Å²) in [6, 6.07) is 0.398. The maximum atomic E-state index is 13.9. The Labute approximate surface area is 213 Å². The monoisotopic (exact) mass is 486 g/mol. The topological polar surface area (TPSA) is 62.1 Å². The lowest BCUT2D eigenvalue weighted by Crippen LogP contribution is -2.58. The van der Waals surface area contributed by atoms with Gasteiger partial charge in [0.05, 0.1) is 18.8 Å². The van der Waals surface area contributed by atoms with Crippen LogP contribution in [-0.2, 0) is 9.53 Å². The molecule has 4 rings (SSSR count). The first-order valence-electron chi connectivity index (χ1n) is 14.0. The molecule has 0 unspecified atom stereocenters. The molecule has 0 aromatic rings. The fourth-order valence-corrected chi connectivity index (χ4v) is 8.90. The summed E-state index contributed by atoms with van der Waals surface area (Å²) in [5.74, 6) is 2.54. The van der Waals surface area contributed by atoms with E-state index in [4.69, 9.17) is 9.73 Å². The average Bonchev–Trinajstić information content (AvgIpc) is 2.99. The number of carbonyl (C=O) groups is 1. The van der Waals surface area contributed by atoms with Crippen LogP contribution in [-0.4, -0.2) is 60.6 Å². The van der Waals surface area contributed by atoms with Crippen molar-refractivity contribution in [2.45, 2.75) is 98.3 Å². The molecule has 4 aliphatic rings. The number of nitrogens with zero attached hydrogens (tertiary/aromatic N) is 2. The number of hydrogen-bond donors (Lipinski definition) is 1. The van der Waals surface area contributed by atoms with Crippen LogP contribution in [0.25, 0.3) is 0 Å². The van der Waals surface area contributed by atoms with Crippen molar-refractivity contribution in [1.29, 1.82) is 0 Å². The zero-order valence-electron chi connectivity index (χ0n) is 23.5. The lowest BCUT2D eigenvalue weighted by Gasteiger charge is -2.59. The number of Topliss-reactive ketones (excluding diaryl/α,β-unsaturated/α-hetero) is 1. The van der Waals surface area contributed by atoms with Gasteiger partial charge in [-0.15, -0.1) is 6.58 Å². The van der Waals surface area contributed by atoms with Crippen LogP contribution in [0, 0.1) is 45.8 Å². The van der Waals surface area contributed by atoms with E-state index in [1.807, 2.05) is 6.08 Å². The highest BCUT2D eigenvalue weighted by Crippen LogP contribution is 2.69. The molecule has 35 heavy (non-hydrogen) atoms. The Bertz CT molecular complexity index is 868. The number of aliphatic hydroxyl groups excluding tert-OH is 1. The first kappa shape index (κ1) is 26.9. The zero-order valence-corrected chi connectivity index (χ0v) is 23.5. The summed E-state index contributed by atoms with van der Waals surface area (Å²) in [6.07, 6.45) is 6.98. The van der Waals surface area contributed by atoms with Crippen LogP contribution in [0.5, 0.6) is 0 Å². The van der Waals surface area contributed by atoms with E-state index in [2.05, 4.69) is 67.1 Å².